The highest BCUT2D eigenvalue weighted by Gasteiger charge is 2.29. The summed E-state index contributed by atoms with van der Waals surface area (Å²) in [6.45, 7) is 2.25. The topological polar surface area (TPSA) is 32.8 Å². The zero-order valence-electron chi connectivity index (χ0n) is 13.9. The summed E-state index contributed by atoms with van der Waals surface area (Å²) in [5.41, 5.74) is 1.88. The molecule has 126 valence electrons. The summed E-state index contributed by atoms with van der Waals surface area (Å²) in [6, 6.07) is 15.8. The van der Waals surface area contributed by atoms with E-state index in [-0.39, 0.29) is 11.9 Å². The maximum Gasteiger partial charge on any atom is 0.255 e. The molecule has 1 unspecified atom stereocenters. The molecule has 0 spiro atoms. The Morgan fingerprint density at radius 1 is 1.17 bits per heavy atom. The predicted molar refractivity (Wildman–Crippen MR) is 98.4 cm³/mol. The first kappa shape index (κ1) is 17.0. The molecular formula is C19H21BrN2O2. The van der Waals surface area contributed by atoms with Gasteiger partial charge in [0, 0.05) is 24.1 Å². The lowest BCUT2D eigenvalue weighted by molar-refractivity contribution is 0.0545. The summed E-state index contributed by atoms with van der Waals surface area (Å²) in [7, 11) is 3.77. The van der Waals surface area contributed by atoms with E-state index >= 15 is 0 Å². The molecule has 0 aromatic heterocycles. The minimum absolute atomic E-state index is 0.0727. The molecular weight excluding hydrogens is 368 g/mol. The monoisotopic (exact) mass is 388 g/mol. The van der Waals surface area contributed by atoms with Crippen molar-refractivity contribution in [2.75, 3.05) is 33.8 Å². The van der Waals surface area contributed by atoms with E-state index in [0.29, 0.717) is 12.1 Å². The summed E-state index contributed by atoms with van der Waals surface area (Å²) in [5, 5.41) is 0. The van der Waals surface area contributed by atoms with Gasteiger partial charge in [0.25, 0.3) is 5.91 Å². The highest BCUT2D eigenvalue weighted by Crippen LogP contribution is 2.28. The third-order valence-corrected chi connectivity index (χ3v) is 5.21. The lowest BCUT2D eigenvalue weighted by Crippen LogP contribution is -2.49. The number of piperazine rings is 1. The number of nitrogens with zero attached hydrogens (tertiary/aromatic N) is 2. The molecule has 2 aromatic carbocycles. The van der Waals surface area contributed by atoms with E-state index < -0.39 is 0 Å². The first-order chi connectivity index (χ1) is 11.6. The van der Waals surface area contributed by atoms with Crippen molar-refractivity contribution in [3.05, 3.63) is 64.1 Å². The van der Waals surface area contributed by atoms with Crippen molar-refractivity contribution in [3.63, 3.8) is 0 Å². The number of carbonyl (C=O) groups is 1. The third-order valence-electron chi connectivity index (χ3n) is 4.52. The summed E-state index contributed by atoms with van der Waals surface area (Å²) in [6.07, 6.45) is 0. The van der Waals surface area contributed by atoms with E-state index in [0.717, 1.165) is 23.3 Å². The molecule has 4 nitrogen and oxygen atoms in total. The fourth-order valence-electron chi connectivity index (χ4n) is 3.07. The first-order valence-corrected chi connectivity index (χ1v) is 8.77. The van der Waals surface area contributed by atoms with Gasteiger partial charge >= 0.3 is 0 Å². The first-order valence-electron chi connectivity index (χ1n) is 7.98. The standard InChI is InChI=1S/C19H21BrN2O2/c1-21-10-11-22(19(23)16-8-3-4-9-17(16)20)13-18(21)14-6-5-7-15(12-14)24-2/h3-9,12,18H,10-11,13H2,1-2H3. The highest BCUT2D eigenvalue weighted by atomic mass is 79.9. The van der Waals surface area contributed by atoms with Crippen LogP contribution in [0.1, 0.15) is 22.0 Å². The molecule has 2 aromatic rings. The summed E-state index contributed by atoms with van der Waals surface area (Å²) < 4.78 is 6.17. The van der Waals surface area contributed by atoms with Crippen LogP contribution >= 0.6 is 15.9 Å². The molecule has 1 aliphatic rings. The van der Waals surface area contributed by atoms with E-state index in [1.54, 1.807) is 7.11 Å². The Bertz CT molecular complexity index is 735. The van der Waals surface area contributed by atoms with Gasteiger partial charge in [0.1, 0.15) is 5.75 Å². The van der Waals surface area contributed by atoms with Crippen LogP contribution in [0, 0.1) is 0 Å². The van der Waals surface area contributed by atoms with Crippen molar-refractivity contribution in [1.82, 2.24) is 9.80 Å². The zero-order chi connectivity index (χ0) is 17.1. The molecule has 1 amide bonds. The quantitative estimate of drug-likeness (QED) is 0.805. The minimum Gasteiger partial charge on any atom is -0.497 e. The fourth-order valence-corrected chi connectivity index (χ4v) is 3.53. The summed E-state index contributed by atoms with van der Waals surface area (Å²) in [5.74, 6) is 0.915. The van der Waals surface area contributed by atoms with Gasteiger partial charge in [-0.15, -0.1) is 0 Å². The van der Waals surface area contributed by atoms with Gasteiger partial charge in [-0.1, -0.05) is 24.3 Å². The lowest BCUT2D eigenvalue weighted by atomic mass is 10.0. The van der Waals surface area contributed by atoms with Crippen LogP contribution in [0.5, 0.6) is 5.75 Å². The largest absolute Gasteiger partial charge is 0.497 e. The zero-order valence-corrected chi connectivity index (χ0v) is 15.5. The van der Waals surface area contributed by atoms with Gasteiger partial charge in [0.15, 0.2) is 0 Å². The number of likely N-dealkylation sites (N-methyl/N-ethyl adjacent to an activating group) is 1. The maximum absolute atomic E-state index is 12.9. The molecule has 1 saturated heterocycles. The number of amides is 1. The number of halogens is 1. The molecule has 0 bridgehead atoms. The van der Waals surface area contributed by atoms with Crippen LogP contribution < -0.4 is 4.74 Å². The second-order valence-corrected chi connectivity index (χ2v) is 6.86. The fraction of sp³-hybridized carbons (Fsp3) is 0.316. The number of rotatable bonds is 3. The molecule has 3 rings (SSSR count). The molecule has 1 heterocycles. The van der Waals surface area contributed by atoms with E-state index in [4.69, 9.17) is 4.74 Å². The number of hydrogen-bond acceptors (Lipinski definition) is 3. The van der Waals surface area contributed by atoms with Gasteiger partial charge in [-0.3, -0.25) is 9.69 Å². The molecule has 0 N–H and O–H groups in total. The molecule has 0 aliphatic carbocycles. The Kier molecular flexibility index (Phi) is 5.21. The van der Waals surface area contributed by atoms with Crippen LogP contribution in [0.4, 0.5) is 0 Å². The average molecular weight is 389 g/mol. The van der Waals surface area contributed by atoms with Crippen LogP contribution in [0.2, 0.25) is 0 Å². The van der Waals surface area contributed by atoms with Crippen molar-refractivity contribution in [3.8, 4) is 5.75 Å². The van der Waals surface area contributed by atoms with E-state index in [9.17, 15) is 4.79 Å². The van der Waals surface area contributed by atoms with Crippen LogP contribution in [-0.4, -0.2) is 49.5 Å². The molecule has 1 atom stereocenters. The predicted octanol–water partition coefficient (Wildman–Crippen LogP) is 3.59. The summed E-state index contributed by atoms with van der Waals surface area (Å²) >= 11 is 3.48. The average Bonchev–Trinajstić information content (AvgIpc) is 2.62. The third kappa shape index (κ3) is 3.47. The molecule has 1 aliphatic heterocycles. The van der Waals surface area contributed by atoms with E-state index in [2.05, 4.69) is 33.9 Å². The number of carbonyl (C=O) groups excluding carboxylic acids is 1. The lowest BCUT2D eigenvalue weighted by Gasteiger charge is -2.40. The number of methoxy groups -OCH3 is 1. The van der Waals surface area contributed by atoms with Gasteiger partial charge in [0.2, 0.25) is 0 Å². The minimum atomic E-state index is 0.0727. The van der Waals surface area contributed by atoms with Crippen LogP contribution in [0.25, 0.3) is 0 Å². The summed E-state index contributed by atoms with van der Waals surface area (Å²) in [4.78, 5) is 17.1. The smallest absolute Gasteiger partial charge is 0.255 e. The van der Waals surface area contributed by atoms with Gasteiger partial charge in [-0.2, -0.15) is 0 Å². The van der Waals surface area contributed by atoms with Crippen LogP contribution in [0.3, 0.4) is 0 Å². The Balaban J connectivity index is 1.83. The van der Waals surface area contributed by atoms with Crippen molar-refractivity contribution in [1.29, 1.82) is 0 Å². The van der Waals surface area contributed by atoms with Crippen molar-refractivity contribution in [2.45, 2.75) is 6.04 Å². The Hall–Kier alpha value is -1.85. The van der Waals surface area contributed by atoms with Crippen LogP contribution in [0.15, 0.2) is 53.0 Å². The van der Waals surface area contributed by atoms with Crippen LogP contribution in [-0.2, 0) is 0 Å². The Labute approximate surface area is 151 Å². The SMILES string of the molecule is COc1cccc(C2CN(C(=O)c3ccccc3Br)CCN2C)c1. The maximum atomic E-state index is 12.9. The van der Waals surface area contributed by atoms with Crippen molar-refractivity contribution < 1.29 is 9.53 Å². The van der Waals surface area contributed by atoms with Gasteiger partial charge in [-0.05, 0) is 52.8 Å². The van der Waals surface area contributed by atoms with E-state index in [1.165, 1.54) is 5.56 Å². The Morgan fingerprint density at radius 2 is 1.96 bits per heavy atom. The molecule has 1 fully saturated rings. The van der Waals surface area contributed by atoms with E-state index in [1.807, 2.05) is 47.4 Å². The number of ether oxygens (including phenoxy) is 1. The molecule has 24 heavy (non-hydrogen) atoms. The molecule has 0 saturated carbocycles. The van der Waals surface area contributed by atoms with Crippen molar-refractivity contribution >= 4 is 21.8 Å². The molecule has 0 radical (unpaired) electrons. The normalized spacial score (nSPS) is 18.5. The molecule has 5 heteroatoms. The number of hydrogen-bond donors (Lipinski definition) is 0. The highest BCUT2D eigenvalue weighted by molar-refractivity contribution is 9.10. The number of benzene rings is 2. The second-order valence-electron chi connectivity index (χ2n) is 6.00. The second kappa shape index (κ2) is 7.36. The van der Waals surface area contributed by atoms with Gasteiger partial charge in [-0.25, -0.2) is 0 Å². The van der Waals surface area contributed by atoms with Crippen molar-refractivity contribution in [2.24, 2.45) is 0 Å². The van der Waals surface area contributed by atoms with Gasteiger partial charge < -0.3 is 9.64 Å². The van der Waals surface area contributed by atoms with Gasteiger partial charge in [0.05, 0.1) is 18.7 Å². The Morgan fingerprint density at radius 3 is 2.71 bits per heavy atom.